The zero-order valence-corrected chi connectivity index (χ0v) is 11.4. The molecule has 0 bridgehead atoms. The maximum Gasteiger partial charge on any atom is 0.228 e. The van der Waals surface area contributed by atoms with E-state index in [1.807, 2.05) is 0 Å². The average Bonchev–Trinajstić information content (AvgIpc) is 2.38. The van der Waals surface area contributed by atoms with Crippen molar-refractivity contribution in [2.24, 2.45) is 5.73 Å². The van der Waals surface area contributed by atoms with E-state index in [2.05, 4.69) is 20.3 Å². The Morgan fingerprint density at radius 1 is 1.16 bits per heavy atom. The van der Waals surface area contributed by atoms with Crippen molar-refractivity contribution in [2.45, 2.75) is 0 Å². The predicted octanol–water partition coefficient (Wildman–Crippen LogP) is 1.80. The molecular weight excluding hydrogens is 287 g/mol. The quantitative estimate of drug-likeness (QED) is 0.795. The van der Waals surface area contributed by atoms with Gasteiger partial charge >= 0.3 is 0 Å². The second-order valence-electron chi connectivity index (χ2n) is 3.68. The van der Waals surface area contributed by atoms with E-state index < -0.39 is 0 Å². The second kappa shape index (κ2) is 6.01. The Labute approximate surface area is 120 Å². The van der Waals surface area contributed by atoms with Gasteiger partial charge in [0.05, 0.1) is 5.02 Å². The van der Waals surface area contributed by atoms with Crippen LogP contribution in [0, 0.1) is 0 Å². The van der Waals surface area contributed by atoms with Gasteiger partial charge in [-0.3, -0.25) is 0 Å². The number of nitrogens with two attached hydrogens (primary N) is 2. The molecule has 5 N–H and O–H groups in total. The first kappa shape index (κ1) is 13.8. The number of hydrogen-bond acceptors (Lipinski definition) is 6. The maximum absolute atomic E-state index is 6.10. The zero-order valence-electron chi connectivity index (χ0n) is 9.90. The first-order valence-corrected chi connectivity index (χ1v) is 6.26. The fraction of sp³-hybridized carbons (Fsp3) is 0.182. The van der Waals surface area contributed by atoms with Crippen molar-refractivity contribution in [1.29, 1.82) is 0 Å². The molecule has 6 nitrogen and oxygen atoms in total. The Balaban J connectivity index is 2.43. The molecule has 0 amide bonds. The second-order valence-corrected chi connectivity index (χ2v) is 4.52. The van der Waals surface area contributed by atoms with Gasteiger partial charge in [-0.2, -0.15) is 15.0 Å². The van der Waals surface area contributed by atoms with Crippen LogP contribution in [0.5, 0.6) is 0 Å². The monoisotopic (exact) mass is 298 g/mol. The molecule has 0 aliphatic carbocycles. The van der Waals surface area contributed by atoms with Gasteiger partial charge < -0.3 is 16.8 Å². The maximum atomic E-state index is 6.10. The summed E-state index contributed by atoms with van der Waals surface area (Å²) in [5.41, 5.74) is 11.6. The Morgan fingerprint density at radius 2 is 1.95 bits per heavy atom. The molecule has 0 aliphatic heterocycles. The van der Waals surface area contributed by atoms with Gasteiger partial charge in [-0.15, -0.1) is 0 Å². The lowest BCUT2D eigenvalue weighted by atomic mass is 10.2. The van der Waals surface area contributed by atoms with Crippen LogP contribution in [0.25, 0.3) is 11.4 Å². The van der Waals surface area contributed by atoms with E-state index in [4.69, 9.17) is 34.7 Å². The van der Waals surface area contributed by atoms with Crippen molar-refractivity contribution >= 4 is 35.1 Å². The lowest BCUT2D eigenvalue weighted by Crippen LogP contribution is -2.16. The summed E-state index contributed by atoms with van der Waals surface area (Å²) in [4.78, 5) is 12.2. The number of halogens is 2. The number of benzene rings is 1. The standard InChI is InChI=1S/C11H12Cl2N6/c12-6-1-2-8(13)7(5-6)9-17-10(15)19-11(18-9)16-4-3-14/h1-2,5H,3-4,14H2,(H3,15,16,17,18,19). The Kier molecular flexibility index (Phi) is 4.36. The highest BCUT2D eigenvalue weighted by Crippen LogP contribution is 2.28. The number of nitrogen functional groups attached to an aromatic ring is 1. The van der Waals surface area contributed by atoms with Crippen LogP contribution in [0.3, 0.4) is 0 Å². The van der Waals surface area contributed by atoms with Crippen molar-refractivity contribution in [3.8, 4) is 11.4 Å². The molecular formula is C11H12Cl2N6. The van der Waals surface area contributed by atoms with Crippen LogP contribution < -0.4 is 16.8 Å². The molecule has 1 aromatic heterocycles. The fourth-order valence-electron chi connectivity index (χ4n) is 1.44. The number of anilines is 2. The predicted molar refractivity (Wildman–Crippen MR) is 77.2 cm³/mol. The topological polar surface area (TPSA) is 103 Å². The lowest BCUT2D eigenvalue weighted by molar-refractivity contribution is 0.975. The highest BCUT2D eigenvalue weighted by atomic mass is 35.5. The van der Waals surface area contributed by atoms with E-state index in [1.54, 1.807) is 18.2 Å². The molecule has 0 saturated heterocycles. The van der Waals surface area contributed by atoms with Crippen LogP contribution in [-0.4, -0.2) is 28.0 Å². The first-order valence-electron chi connectivity index (χ1n) is 5.51. The molecule has 0 radical (unpaired) electrons. The lowest BCUT2D eigenvalue weighted by Gasteiger charge is -2.07. The Morgan fingerprint density at radius 3 is 2.68 bits per heavy atom. The van der Waals surface area contributed by atoms with E-state index in [0.717, 1.165) is 0 Å². The molecule has 0 saturated carbocycles. The third kappa shape index (κ3) is 3.44. The van der Waals surface area contributed by atoms with E-state index in [-0.39, 0.29) is 5.95 Å². The molecule has 0 unspecified atom stereocenters. The molecule has 8 heteroatoms. The summed E-state index contributed by atoms with van der Waals surface area (Å²) in [6, 6.07) is 5.03. The van der Waals surface area contributed by atoms with E-state index in [9.17, 15) is 0 Å². The van der Waals surface area contributed by atoms with Gasteiger partial charge in [0.25, 0.3) is 0 Å². The minimum atomic E-state index is 0.0977. The van der Waals surface area contributed by atoms with Crippen LogP contribution in [0.4, 0.5) is 11.9 Å². The molecule has 0 fully saturated rings. The smallest absolute Gasteiger partial charge is 0.228 e. The van der Waals surface area contributed by atoms with Gasteiger partial charge in [-0.05, 0) is 18.2 Å². The number of rotatable bonds is 4. The summed E-state index contributed by atoms with van der Waals surface area (Å²) in [5, 5.41) is 3.96. The van der Waals surface area contributed by atoms with Crippen molar-refractivity contribution in [3.63, 3.8) is 0 Å². The van der Waals surface area contributed by atoms with Gasteiger partial charge in [0.1, 0.15) is 0 Å². The van der Waals surface area contributed by atoms with Crippen molar-refractivity contribution in [1.82, 2.24) is 15.0 Å². The first-order chi connectivity index (χ1) is 9.10. The number of nitrogens with one attached hydrogen (secondary N) is 1. The molecule has 2 rings (SSSR count). The Bertz CT molecular complexity index is 589. The molecule has 0 spiro atoms. The molecule has 2 aromatic rings. The number of nitrogens with zero attached hydrogens (tertiary/aromatic N) is 3. The minimum absolute atomic E-state index is 0.0977. The molecule has 1 heterocycles. The molecule has 1 aromatic carbocycles. The Hall–Kier alpha value is -1.63. The highest BCUT2D eigenvalue weighted by molar-refractivity contribution is 6.35. The van der Waals surface area contributed by atoms with Gasteiger partial charge in [0.2, 0.25) is 11.9 Å². The van der Waals surface area contributed by atoms with Gasteiger partial charge in [-0.1, -0.05) is 23.2 Å². The molecule has 0 aliphatic rings. The highest BCUT2D eigenvalue weighted by Gasteiger charge is 2.10. The van der Waals surface area contributed by atoms with Crippen LogP contribution in [0.2, 0.25) is 10.0 Å². The SMILES string of the molecule is NCCNc1nc(N)nc(-c2cc(Cl)ccc2Cl)n1. The minimum Gasteiger partial charge on any atom is -0.368 e. The van der Waals surface area contributed by atoms with Crippen LogP contribution in [0.15, 0.2) is 18.2 Å². The van der Waals surface area contributed by atoms with E-state index >= 15 is 0 Å². The largest absolute Gasteiger partial charge is 0.368 e. The van der Waals surface area contributed by atoms with Crippen molar-refractivity contribution in [3.05, 3.63) is 28.2 Å². The van der Waals surface area contributed by atoms with Crippen molar-refractivity contribution in [2.75, 3.05) is 24.1 Å². The van der Waals surface area contributed by atoms with Crippen molar-refractivity contribution < 1.29 is 0 Å². The molecule has 100 valence electrons. The normalized spacial score (nSPS) is 10.5. The van der Waals surface area contributed by atoms with Gasteiger partial charge in [0.15, 0.2) is 5.82 Å². The summed E-state index contributed by atoms with van der Waals surface area (Å²) in [5.74, 6) is 0.809. The average molecular weight is 299 g/mol. The summed E-state index contributed by atoms with van der Waals surface area (Å²) in [6.45, 7) is 0.991. The van der Waals surface area contributed by atoms with Crippen LogP contribution in [-0.2, 0) is 0 Å². The fourth-order valence-corrected chi connectivity index (χ4v) is 1.82. The summed E-state index contributed by atoms with van der Waals surface area (Å²) in [7, 11) is 0. The molecule has 0 atom stereocenters. The zero-order chi connectivity index (χ0) is 13.8. The van der Waals surface area contributed by atoms with E-state index in [1.165, 1.54) is 0 Å². The van der Waals surface area contributed by atoms with Crippen LogP contribution >= 0.6 is 23.2 Å². The number of hydrogen-bond donors (Lipinski definition) is 3. The number of aromatic nitrogens is 3. The summed E-state index contributed by atoms with van der Waals surface area (Å²) >= 11 is 12.0. The third-order valence-electron chi connectivity index (χ3n) is 2.25. The van der Waals surface area contributed by atoms with E-state index in [0.29, 0.717) is 40.5 Å². The van der Waals surface area contributed by atoms with Gasteiger partial charge in [-0.25, -0.2) is 0 Å². The van der Waals surface area contributed by atoms with Crippen LogP contribution in [0.1, 0.15) is 0 Å². The van der Waals surface area contributed by atoms with Gasteiger partial charge in [0, 0.05) is 23.7 Å². The molecule has 19 heavy (non-hydrogen) atoms. The summed E-state index contributed by atoms with van der Waals surface area (Å²) in [6.07, 6.45) is 0. The summed E-state index contributed by atoms with van der Waals surface area (Å²) < 4.78 is 0. The third-order valence-corrected chi connectivity index (χ3v) is 2.81.